The first-order chi connectivity index (χ1) is 17.1. The molecule has 1 unspecified atom stereocenters. The van der Waals surface area contributed by atoms with Crippen molar-refractivity contribution in [2.45, 2.75) is 73.3 Å². The predicted octanol–water partition coefficient (Wildman–Crippen LogP) is 5.16. The standard InChI is InChI=1S/C30H36O7/c1-8-9-15(4)17-10-11-19(32)21-18(17)12-28(6)13-29(7)22(14(2)3)24(33)20(16(5)31)26(35)30(29,37)27(36)23(28)25(21)34/h9-11,14,22,32-33,36-37H,8,12-13H2,1-7H3/b15-9-/t22?,28-,29-,30+/m1/s1. The van der Waals surface area contributed by atoms with Crippen LogP contribution in [0.15, 0.2) is 40.9 Å². The highest BCUT2D eigenvalue weighted by Gasteiger charge is 2.71. The van der Waals surface area contributed by atoms with Crippen LogP contribution < -0.4 is 0 Å². The number of phenolic OH excluding ortho intramolecular Hbond substituents is 1. The number of aliphatic hydroxyl groups excluding tert-OH is 2. The third-order valence-corrected chi connectivity index (χ3v) is 8.83. The van der Waals surface area contributed by atoms with Crippen molar-refractivity contribution in [1.29, 1.82) is 0 Å². The molecule has 0 heterocycles. The molecule has 1 aromatic carbocycles. The largest absolute Gasteiger partial charge is 0.511 e. The lowest BCUT2D eigenvalue weighted by Crippen LogP contribution is -2.67. The molecule has 3 aliphatic carbocycles. The van der Waals surface area contributed by atoms with Crippen LogP contribution in [0.4, 0.5) is 0 Å². The molecular weight excluding hydrogens is 472 g/mol. The highest BCUT2D eigenvalue weighted by Crippen LogP contribution is 2.65. The van der Waals surface area contributed by atoms with Crippen molar-refractivity contribution in [2.24, 2.45) is 22.7 Å². The summed E-state index contributed by atoms with van der Waals surface area (Å²) in [6.07, 6.45) is 3.16. The molecule has 3 aliphatic rings. The van der Waals surface area contributed by atoms with E-state index in [9.17, 15) is 34.8 Å². The Morgan fingerprint density at radius 2 is 1.76 bits per heavy atom. The Kier molecular flexibility index (Phi) is 6.11. The molecule has 0 radical (unpaired) electrons. The fraction of sp³-hybridized carbons (Fsp3) is 0.500. The summed E-state index contributed by atoms with van der Waals surface area (Å²) >= 11 is 0. The summed E-state index contributed by atoms with van der Waals surface area (Å²) in [5, 5.41) is 45.6. The molecule has 4 rings (SSSR count). The van der Waals surface area contributed by atoms with E-state index in [1.165, 1.54) is 6.07 Å². The number of aromatic hydroxyl groups is 1. The van der Waals surface area contributed by atoms with Crippen LogP contribution >= 0.6 is 0 Å². The van der Waals surface area contributed by atoms with Crippen molar-refractivity contribution < 1.29 is 34.8 Å². The molecule has 0 saturated carbocycles. The number of allylic oxidation sites excluding steroid dienone is 4. The van der Waals surface area contributed by atoms with Gasteiger partial charge in [-0.1, -0.05) is 46.8 Å². The van der Waals surface area contributed by atoms with E-state index in [0.29, 0.717) is 5.56 Å². The molecule has 37 heavy (non-hydrogen) atoms. The number of benzene rings is 1. The Labute approximate surface area is 217 Å². The van der Waals surface area contributed by atoms with Gasteiger partial charge in [-0.25, -0.2) is 0 Å². The highest BCUT2D eigenvalue weighted by molar-refractivity contribution is 6.25. The molecule has 0 aliphatic heterocycles. The zero-order valence-electron chi connectivity index (χ0n) is 22.5. The number of hydrogen-bond acceptors (Lipinski definition) is 7. The van der Waals surface area contributed by atoms with Gasteiger partial charge in [0.1, 0.15) is 22.8 Å². The summed E-state index contributed by atoms with van der Waals surface area (Å²) in [5.41, 5.74) is -3.27. The van der Waals surface area contributed by atoms with Crippen molar-refractivity contribution in [2.75, 3.05) is 0 Å². The fourth-order valence-corrected chi connectivity index (χ4v) is 7.52. The number of rotatable bonds is 4. The van der Waals surface area contributed by atoms with Gasteiger partial charge in [0.15, 0.2) is 17.2 Å². The van der Waals surface area contributed by atoms with Crippen LogP contribution in [0.2, 0.25) is 0 Å². The van der Waals surface area contributed by atoms with Crippen LogP contribution in [0.25, 0.3) is 5.57 Å². The van der Waals surface area contributed by atoms with E-state index in [2.05, 4.69) is 0 Å². The van der Waals surface area contributed by atoms with Crippen molar-refractivity contribution in [1.82, 2.24) is 0 Å². The lowest BCUT2D eigenvalue weighted by atomic mass is 9.44. The van der Waals surface area contributed by atoms with Gasteiger partial charge in [-0.05, 0) is 61.8 Å². The van der Waals surface area contributed by atoms with E-state index >= 15 is 0 Å². The minimum Gasteiger partial charge on any atom is -0.511 e. The van der Waals surface area contributed by atoms with Crippen LogP contribution in [0.3, 0.4) is 0 Å². The number of phenols is 1. The Morgan fingerprint density at radius 1 is 1.14 bits per heavy atom. The average molecular weight is 509 g/mol. The SMILES string of the molecule is CC/C=C(/C)c1ccc(O)c2c1C[C@]1(C)C[C@]3(C)C(C(C)C)C(O)=C(C(C)=O)C(=O)[C@]3(O)C(O)=C1C2=O. The molecule has 0 spiro atoms. The summed E-state index contributed by atoms with van der Waals surface area (Å²) in [6, 6.07) is 3.21. The Morgan fingerprint density at radius 3 is 2.30 bits per heavy atom. The number of fused-ring (bicyclic) bond motifs is 3. The number of carbonyl (C=O) groups excluding carboxylic acids is 3. The van der Waals surface area contributed by atoms with Gasteiger partial charge < -0.3 is 20.4 Å². The Bertz CT molecular complexity index is 1340. The van der Waals surface area contributed by atoms with Crippen LogP contribution in [0.1, 0.15) is 82.8 Å². The monoisotopic (exact) mass is 508 g/mol. The van der Waals surface area contributed by atoms with Crippen LogP contribution in [0, 0.1) is 22.7 Å². The quantitative estimate of drug-likeness (QED) is 0.413. The third-order valence-electron chi connectivity index (χ3n) is 8.83. The van der Waals surface area contributed by atoms with E-state index < -0.39 is 51.0 Å². The van der Waals surface area contributed by atoms with Gasteiger partial charge in [0, 0.05) is 22.3 Å². The number of ketones is 3. The van der Waals surface area contributed by atoms with Crippen LogP contribution in [0.5, 0.6) is 5.75 Å². The molecule has 0 amide bonds. The van der Waals surface area contributed by atoms with Crippen molar-refractivity contribution >= 4 is 22.9 Å². The zero-order valence-corrected chi connectivity index (χ0v) is 22.5. The molecule has 198 valence electrons. The first-order valence-corrected chi connectivity index (χ1v) is 12.8. The third kappa shape index (κ3) is 3.32. The maximum Gasteiger partial charge on any atom is 0.209 e. The van der Waals surface area contributed by atoms with E-state index in [0.717, 1.165) is 24.5 Å². The second-order valence-corrected chi connectivity index (χ2v) is 11.7. The van der Waals surface area contributed by atoms with Crippen LogP contribution in [-0.2, 0) is 16.0 Å². The van der Waals surface area contributed by atoms with Crippen molar-refractivity contribution in [3.8, 4) is 5.75 Å². The van der Waals surface area contributed by atoms with E-state index in [4.69, 9.17) is 0 Å². The first-order valence-electron chi connectivity index (χ1n) is 12.8. The number of aliphatic hydroxyl groups is 3. The summed E-state index contributed by atoms with van der Waals surface area (Å²) in [6.45, 7) is 12.1. The summed E-state index contributed by atoms with van der Waals surface area (Å²) in [7, 11) is 0. The van der Waals surface area contributed by atoms with Gasteiger partial charge in [0.2, 0.25) is 5.78 Å². The summed E-state index contributed by atoms with van der Waals surface area (Å²) in [5.74, 6) is -5.06. The topological polar surface area (TPSA) is 132 Å². The van der Waals surface area contributed by atoms with E-state index in [1.807, 2.05) is 33.8 Å². The average Bonchev–Trinajstić information content (AvgIpc) is 2.75. The van der Waals surface area contributed by atoms with Gasteiger partial charge in [0.25, 0.3) is 0 Å². The summed E-state index contributed by atoms with van der Waals surface area (Å²) < 4.78 is 0. The van der Waals surface area contributed by atoms with Crippen molar-refractivity contribution in [3.63, 3.8) is 0 Å². The van der Waals surface area contributed by atoms with Crippen LogP contribution in [-0.4, -0.2) is 43.4 Å². The lowest BCUT2D eigenvalue weighted by Gasteiger charge is -2.59. The smallest absolute Gasteiger partial charge is 0.209 e. The van der Waals surface area contributed by atoms with Crippen molar-refractivity contribution in [3.05, 3.63) is 57.6 Å². The molecule has 1 aromatic rings. The Hall–Kier alpha value is -3.19. The normalized spacial score (nSPS) is 31.9. The minimum atomic E-state index is -2.59. The molecule has 0 bridgehead atoms. The second-order valence-electron chi connectivity index (χ2n) is 11.7. The molecule has 0 fully saturated rings. The van der Waals surface area contributed by atoms with Gasteiger partial charge in [-0.15, -0.1) is 0 Å². The predicted molar refractivity (Wildman–Crippen MR) is 139 cm³/mol. The molecule has 7 nitrogen and oxygen atoms in total. The second kappa shape index (κ2) is 8.42. The number of carbonyl (C=O) groups is 3. The van der Waals surface area contributed by atoms with E-state index in [-0.39, 0.29) is 41.4 Å². The Balaban J connectivity index is 2.08. The molecule has 4 atom stereocenters. The van der Waals surface area contributed by atoms with E-state index in [1.54, 1.807) is 19.9 Å². The summed E-state index contributed by atoms with van der Waals surface area (Å²) in [4.78, 5) is 40.1. The van der Waals surface area contributed by atoms with Gasteiger partial charge >= 0.3 is 0 Å². The maximum absolute atomic E-state index is 14.0. The maximum atomic E-state index is 14.0. The zero-order chi connectivity index (χ0) is 27.8. The molecular formula is C30H36O7. The number of Topliss-reactive ketones (excluding diaryl/α,β-unsaturated/α-hetero) is 3. The molecule has 4 N–H and O–H groups in total. The highest BCUT2D eigenvalue weighted by atomic mass is 16.3. The van der Waals surface area contributed by atoms with Gasteiger partial charge in [0.05, 0.1) is 5.56 Å². The lowest BCUT2D eigenvalue weighted by molar-refractivity contribution is -0.171. The minimum absolute atomic E-state index is 0.0430. The van der Waals surface area contributed by atoms with Gasteiger partial charge in [-0.3, -0.25) is 14.4 Å². The molecule has 0 saturated heterocycles. The first kappa shape index (κ1) is 26.9. The number of hydrogen-bond donors (Lipinski definition) is 4. The molecule has 7 heteroatoms. The fourth-order valence-electron chi connectivity index (χ4n) is 7.52. The molecule has 0 aromatic heterocycles. The van der Waals surface area contributed by atoms with Gasteiger partial charge in [-0.2, -0.15) is 0 Å².